The number of nitrogens with one attached hydrogen (secondary N) is 1. The fraction of sp³-hybridized carbons (Fsp3) is 0.786. The van der Waals surface area contributed by atoms with Crippen LogP contribution in [-0.4, -0.2) is 9.55 Å². The normalized spacial score (nSPS) is 24.2. The summed E-state index contributed by atoms with van der Waals surface area (Å²) < 4.78 is 3.28. The molecule has 0 bridgehead atoms. The Bertz CT molecular complexity index is 439. The van der Waals surface area contributed by atoms with E-state index in [1.165, 1.54) is 31.4 Å². The van der Waals surface area contributed by atoms with Gasteiger partial charge in [-0.25, -0.2) is 0 Å². The topological polar surface area (TPSA) is 20.7 Å². The smallest absolute Gasteiger partial charge is 0.177 e. The first-order chi connectivity index (χ1) is 7.91. The molecule has 1 aromatic heterocycles. The lowest BCUT2D eigenvalue weighted by atomic mass is 9.75. The van der Waals surface area contributed by atoms with Crippen LogP contribution < -0.4 is 0 Å². The van der Waals surface area contributed by atoms with E-state index in [4.69, 9.17) is 12.2 Å². The number of hydrogen-bond donors (Lipinski definition) is 1. The molecule has 0 aliphatic heterocycles. The third kappa shape index (κ3) is 2.65. The second kappa shape index (κ2) is 4.60. The van der Waals surface area contributed by atoms with Crippen LogP contribution in [0.3, 0.4) is 0 Å². The molecule has 2 rings (SSSR count). The zero-order valence-electron chi connectivity index (χ0n) is 11.4. The van der Waals surface area contributed by atoms with Crippen LogP contribution in [0.15, 0.2) is 6.20 Å². The van der Waals surface area contributed by atoms with Crippen molar-refractivity contribution in [2.75, 3.05) is 0 Å². The predicted octanol–water partition coefficient (Wildman–Crippen LogP) is 4.81. The molecular weight excluding hydrogens is 228 g/mol. The molecule has 0 radical (unpaired) electrons. The Hall–Kier alpha value is -0.570. The molecule has 1 atom stereocenters. The molecule has 1 aliphatic rings. The molecule has 1 saturated carbocycles. The summed E-state index contributed by atoms with van der Waals surface area (Å²) in [5, 5.41) is 0. The highest BCUT2D eigenvalue weighted by atomic mass is 32.1. The molecule has 3 heteroatoms. The van der Waals surface area contributed by atoms with Crippen LogP contribution in [-0.2, 0) is 0 Å². The number of imidazole rings is 1. The summed E-state index contributed by atoms with van der Waals surface area (Å²) in [4.78, 5) is 3.22. The third-order valence-electron chi connectivity index (χ3n) is 3.98. The zero-order valence-corrected chi connectivity index (χ0v) is 12.2. The Kier molecular flexibility index (Phi) is 3.48. The Morgan fingerprint density at radius 1 is 1.47 bits per heavy atom. The lowest BCUT2D eigenvalue weighted by Crippen LogP contribution is -2.26. The summed E-state index contributed by atoms with van der Waals surface area (Å²) in [6.07, 6.45) is 7.28. The number of H-pyrrole nitrogens is 1. The van der Waals surface area contributed by atoms with E-state index in [9.17, 15) is 0 Å². The van der Waals surface area contributed by atoms with Crippen molar-refractivity contribution in [3.63, 3.8) is 0 Å². The van der Waals surface area contributed by atoms with Crippen molar-refractivity contribution in [2.45, 2.75) is 65.3 Å². The first kappa shape index (κ1) is 12.9. The maximum Gasteiger partial charge on any atom is 0.177 e. The molecule has 1 unspecified atom stereocenters. The van der Waals surface area contributed by atoms with Crippen molar-refractivity contribution < 1.29 is 0 Å². The summed E-state index contributed by atoms with van der Waals surface area (Å²) in [7, 11) is 0. The highest BCUT2D eigenvalue weighted by Gasteiger charge is 2.30. The van der Waals surface area contributed by atoms with Crippen LogP contribution in [0.5, 0.6) is 0 Å². The van der Waals surface area contributed by atoms with E-state index in [0.29, 0.717) is 17.4 Å². The van der Waals surface area contributed by atoms with E-state index in [1.807, 2.05) is 0 Å². The Morgan fingerprint density at radius 3 is 2.76 bits per heavy atom. The van der Waals surface area contributed by atoms with E-state index in [1.54, 1.807) is 0 Å². The Balaban J connectivity index is 2.33. The van der Waals surface area contributed by atoms with Crippen LogP contribution >= 0.6 is 12.2 Å². The van der Waals surface area contributed by atoms with Gasteiger partial charge in [-0.1, -0.05) is 34.1 Å². The van der Waals surface area contributed by atoms with E-state index >= 15 is 0 Å². The molecule has 96 valence electrons. The Morgan fingerprint density at radius 2 is 2.18 bits per heavy atom. The van der Waals surface area contributed by atoms with Gasteiger partial charge in [-0.05, 0) is 42.8 Å². The summed E-state index contributed by atoms with van der Waals surface area (Å²) >= 11 is 5.46. The van der Waals surface area contributed by atoms with E-state index in [2.05, 4.69) is 43.4 Å². The van der Waals surface area contributed by atoms with Crippen molar-refractivity contribution in [3.05, 3.63) is 16.7 Å². The molecule has 0 saturated heterocycles. The monoisotopic (exact) mass is 252 g/mol. The molecule has 1 fully saturated rings. The van der Waals surface area contributed by atoms with Crippen LogP contribution in [0, 0.1) is 10.2 Å². The molecule has 1 heterocycles. The lowest BCUT2D eigenvalue weighted by molar-refractivity contribution is 0.180. The van der Waals surface area contributed by atoms with Crippen LogP contribution in [0.1, 0.15) is 71.0 Å². The minimum Gasteiger partial charge on any atom is -0.337 e. The molecule has 1 aromatic rings. The van der Waals surface area contributed by atoms with Gasteiger partial charge in [-0.3, -0.25) is 0 Å². The molecule has 0 aromatic carbocycles. The molecule has 0 spiro atoms. The quantitative estimate of drug-likeness (QED) is 0.749. The molecular formula is C14H24N2S. The molecule has 2 nitrogen and oxygen atoms in total. The molecule has 0 amide bonds. The van der Waals surface area contributed by atoms with E-state index < -0.39 is 0 Å². The maximum absolute atomic E-state index is 5.46. The number of aromatic amines is 1. The van der Waals surface area contributed by atoms with Crippen LogP contribution in [0.2, 0.25) is 0 Å². The zero-order chi connectivity index (χ0) is 12.6. The summed E-state index contributed by atoms with van der Waals surface area (Å²) in [6, 6.07) is 0.592. The number of hydrogen-bond acceptors (Lipinski definition) is 1. The van der Waals surface area contributed by atoms with Gasteiger partial charge in [0.1, 0.15) is 0 Å². The van der Waals surface area contributed by atoms with Crippen LogP contribution in [0.4, 0.5) is 0 Å². The molecule has 1 N–H and O–H groups in total. The Labute approximate surface area is 109 Å². The van der Waals surface area contributed by atoms with Gasteiger partial charge >= 0.3 is 0 Å². The van der Waals surface area contributed by atoms with Gasteiger partial charge in [-0.15, -0.1) is 0 Å². The predicted molar refractivity (Wildman–Crippen MR) is 75.0 cm³/mol. The second-order valence-corrected chi connectivity index (χ2v) is 6.84. The molecule has 17 heavy (non-hydrogen) atoms. The van der Waals surface area contributed by atoms with Gasteiger partial charge < -0.3 is 9.55 Å². The first-order valence-electron chi connectivity index (χ1n) is 6.70. The SMILES string of the molecule is CC(C)c1c[nH]c(=S)n1C1CCCC(C)(C)C1. The van der Waals surface area contributed by atoms with Crippen molar-refractivity contribution >= 4 is 12.2 Å². The minimum absolute atomic E-state index is 0.462. The van der Waals surface area contributed by atoms with Gasteiger partial charge in [-0.2, -0.15) is 0 Å². The van der Waals surface area contributed by atoms with Crippen molar-refractivity contribution in [1.82, 2.24) is 9.55 Å². The summed E-state index contributed by atoms with van der Waals surface area (Å²) in [6.45, 7) is 9.24. The van der Waals surface area contributed by atoms with Gasteiger partial charge in [0.05, 0.1) is 0 Å². The largest absolute Gasteiger partial charge is 0.337 e. The molecule has 1 aliphatic carbocycles. The van der Waals surface area contributed by atoms with E-state index in [0.717, 1.165) is 4.77 Å². The fourth-order valence-corrected chi connectivity index (χ4v) is 3.41. The second-order valence-electron chi connectivity index (χ2n) is 6.46. The van der Waals surface area contributed by atoms with Gasteiger partial charge in [0.15, 0.2) is 4.77 Å². The highest BCUT2D eigenvalue weighted by Crippen LogP contribution is 2.41. The summed E-state index contributed by atoms with van der Waals surface area (Å²) in [5.41, 5.74) is 1.82. The number of aromatic nitrogens is 2. The fourth-order valence-electron chi connectivity index (χ4n) is 3.09. The van der Waals surface area contributed by atoms with Crippen molar-refractivity contribution in [2.24, 2.45) is 5.41 Å². The summed E-state index contributed by atoms with van der Waals surface area (Å²) in [5.74, 6) is 0.535. The van der Waals surface area contributed by atoms with Crippen molar-refractivity contribution in [1.29, 1.82) is 0 Å². The van der Waals surface area contributed by atoms with Gasteiger partial charge in [0.2, 0.25) is 0 Å². The van der Waals surface area contributed by atoms with Crippen LogP contribution in [0.25, 0.3) is 0 Å². The highest BCUT2D eigenvalue weighted by molar-refractivity contribution is 7.71. The third-order valence-corrected chi connectivity index (χ3v) is 4.29. The van der Waals surface area contributed by atoms with Crippen molar-refractivity contribution in [3.8, 4) is 0 Å². The van der Waals surface area contributed by atoms with Gasteiger partial charge in [0, 0.05) is 17.9 Å². The van der Waals surface area contributed by atoms with E-state index in [-0.39, 0.29) is 0 Å². The minimum atomic E-state index is 0.462. The standard InChI is InChI=1S/C14H24N2S/c1-10(2)12-9-15-13(17)16(12)11-6-5-7-14(3,4)8-11/h9-11H,5-8H2,1-4H3,(H,15,17). The van der Waals surface area contributed by atoms with Gasteiger partial charge in [0.25, 0.3) is 0 Å². The number of rotatable bonds is 2. The first-order valence-corrected chi connectivity index (χ1v) is 7.11. The number of nitrogens with zero attached hydrogens (tertiary/aromatic N) is 1. The average molecular weight is 252 g/mol. The maximum atomic E-state index is 5.46. The average Bonchev–Trinajstić information content (AvgIpc) is 2.58. The lowest BCUT2D eigenvalue weighted by Gasteiger charge is -2.36.